The summed E-state index contributed by atoms with van der Waals surface area (Å²) in [6, 6.07) is 25.5. The van der Waals surface area contributed by atoms with Crippen LogP contribution < -0.4 is 0 Å². The van der Waals surface area contributed by atoms with Gasteiger partial charge in [-0.3, -0.25) is 0 Å². The SMILES string of the molecule is CC(C)(C)c1cc2c(O)c(c1)Cc1cc(C(C)(C)C)cc(c1O)Cc1cc(C(C)(C)C)cc(c1O)CSCCCSCc1cc(C(C)(C)C)cc(c1O)Cc1cc(C(C)(C)C)cc(c1O)Cc1cc(C(C)(C)C)cc(c1O)CSCCCSC2. The highest BCUT2D eigenvalue weighted by Gasteiger charge is 2.28. The lowest BCUT2D eigenvalue weighted by atomic mass is 9.81. The normalized spacial score (nSPS) is 15.6. The summed E-state index contributed by atoms with van der Waals surface area (Å²) in [6.45, 7) is 39.6. The zero-order valence-corrected chi connectivity index (χ0v) is 57.4. The highest BCUT2D eigenvalue weighted by molar-refractivity contribution is 7.99. The van der Waals surface area contributed by atoms with Gasteiger partial charge in [0.15, 0.2) is 0 Å². The van der Waals surface area contributed by atoms with E-state index in [4.69, 9.17) is 0 Å². The van der Waals surface area contributed by atoms with Crippen LogP contribution in [-0.4, -0.2) is 53.7 Å². The molecule has 6 aromatic carbocycles. The van der Waals surface area contributed by atoms with Gasteiger partial charge >= 0.3 is 0 Å². The second-order valence-corrected chi connectivity index (χ2v) is 34.4. The maximum atomic E-state index is 12.4. The van der Waals surface area contributed by atoms with Crippen molar-refractivity contribution in [2.45, 2.75) is 219 Å². The predicted octanol–water partition coefficient (Wildman–Crippen LogP) is 19.5. The topological polar surface area (TPSA) is 121 Å². The van der Waals surface area contributed by atoms with Crippen molar-refractivity contribution in [3.63, 3.8) is 0 Å². The Kier molecular flexibility index (Phi) is 21.1. The Hall–Kier alpha value is -4.48. The quantitative estimate of drug-likeness (QED) is 0.0877. The van der Waals surface area contributed by atoms with Gasteiger partial charge in [-0.2, -0.15) is 47.0 Å². The molecule has 6 aromatic rings. The van der Waals surface area contributed by atoms with E-state index in [9.17, 15) is 30.6 Å². The lowest BCUT2D eigenvalue weighted by molar-refractivity contribution is 0.451. The van der Waals surface area contributed by atoms with Crippen LogP contribution in [0.4, 0.5) is 0 Å². The second kappa shape index (κ2) is 26.5. The van der Waals surface area contributed by atoms with Gasteiger partial charge in [-0.15, -0.1) is 0 Å². The number of hydrogen-bond acceptors (Lipinski definition) is 10. The minimum absolute atomic E-state index is 0.180. The van der Waals surface area contributed by atoms with Gasteiger partial charge in [-0.1, -0.05) is 197 Å². The maximum absolute atomic E-state index is 12.4. The van der Waals surface area contributed by atoms with Crippen LogP contribution in [0.2, 0.25) is 0 Å². The highest BCUT2D eigenvalue weighted by atomic mass is 32.2. The Bertz CT molecular complexity index is 2890. The van der Waals surface area contributed by atoms with Crippen molar-refractivity contribution in [1.82, 2.24) is 0 Å². The zero-order chi connectivity index (χ0) is 62.1. The summed E-state index contributed by atoms with van der Waals surface area (Å²) in [6.07, 6.45) is 3.30. The summed E-state index contributed by atoms with van der Waals surface area (Å²) in [7, 11) is 0. The van der Waals surface area contributed by atoms with E-state index in [1.807, 2.05) is 47.0 Å². The van der Waals surface area contributed by atoms with E-state index in [1.54, 1.807) is 0 Å². The lowest BCUT2D eigenvalue weighted by Gasteiger charge is -2.25. The Labute approximate surface area is 523 Å². The van der Waals surface area contributed by atoms with Crippen LogP contribution in [-0.2, 0) is 81.2 Å². The molecular weight excluding hydrogens is 1110 g/mol. The molecule has 6 N–H and O–H groups in total. The van der Waals surface area contributed by atoms with E-state index in [0.717, 1.165) is 136 Å². The molecule has 7 rings (SSSR count). The molecule has 10 heteroatoms. The van der Waals surface area contributed by atoms with Crippen molar-refractivity contribution in [3.8, 4) is 34.5 Å². The van der Waals surface area contributed by atoms with Crippen LogP contribution >= 0.6 is 47.0 Å². The van der Waals surface area contributed by atoms with Gasteiger partial charge in [0, 0.05) is 70.9 Å². The van der Waals surface area contributed by atoms with Crippen LogP contribution in [0.15, 0.2) is 72.8 Å². The molecule has 0 amide bonds. The molecule has 0 aromatic heterocycles. The first-order valence-electron chi connectivity index (χ1n) is 30.3. The predicted molar refractivity (Wildman–Crippen MR) is 366 cm³/mol. The molecule has 0 saturated carbocycles. The molecule has 0 radical (unpaired) electrons. The van der Waals surface area contributed by atoms with E-state index < -0.39 is 0 Å². The average molecular weight is 1210 g/mol. The summed E-state index contributed by atoms with van der Waals surface area (Å²) in [4.78, 5) is 0. The van der Waals surface area contributed by atoms with Gasteiger partial charge in [0.1, 0.15) is 34.5 Å². The van der Waals surface area contributed by atoms with Gasteiger partial charge in [-0.25, -0.2) is 0 Å². The third kappa shape index (κ3) is 17.0. The minimum Gasteiger partial charge on any atom is -0.507 e. The van der Waals surface area contributed by atoms with Crippen LogP contribution in [0.3, 0.4) is 0 Å². The Morgan fingerprint density at radius 2 is 0.357 bits per heavy atom. The molecule has 12 bridgehead atoms. The number of thioether (sulfide) groups is 4. The fourth-order valence-corrected chi connectivity index (χ4v) is 14.8. The number of aromatic hydroxyl groups is 6. The van der Waals surface area contributed by atoms with E-state index >= 15 is 0 Å². The number of hydrogen-bond donors (Lipinski definition) is 6. The van der Waals surface area contributed by atoms with Crippen LogP contribution in [0.5, 0.6) is 34.5 Å². The van der Waals surface area contributed by atoms with Crippen LogP contribution in [0, 0.1) is 0 Å². The van der Waals surface area contributed by atoms with Gasteiger partial charge in [0.2, 0.25) is 0 Å². The first kappa shape index (κ1) is 67.0. The third-order valence-electron chi connectivity index (χ3n) is 16.5. The molecule has 6 nitrogen and oxygen atoms in total. The zero-order valence-electron chi connectivity index (χ0n) is 54.1. The monoisotopic (exact) mass is 1210 g/mol. The molecular formula is C74H100O6S4. The molecule has 456 valence electrons. The van der Waals surface area contributed by atoms with E-state index in [0.29, 0.717) is 48.7 Å². The molecule has 0 spiro atoms. The Morgan fingerprint density at radius 1 is 0.226 bits per heavy atom. The van der Waals surface area contributed by atoms with Crippen molar-refractivity contribution in [2.24, 2.45) is 0 Å². The third-order valence-corrected chi connectivity index (χ3v) is 20.9. The molecule has 1 aliphatic rings. The molecule has 0 atom stereocenters. The number of fused-ring (bicyclic) bond motifs is 12. The maximum Gasteiger partial charge on any atom is 0.123 e. The minimum atomic E-state index is -0.233. The van der Waals surface area contributed by atoms with Crippen LogP contribution in [0.25, 0.3) is 0 Å². The summed E-state index contributed by atoms with van der Waals surface area (Å²) in [5.74, 6) is 7.64. The molecule has 0 unspecified atom stereocenters. The van der Waals surface area contributed by atoms with Crippen molar-refractivity contribution in [1.29, 1.82) is 0 Å². The Balaban J connectivity index is 1.27. The van der Waals surface area contributed by atoms with Gasteiger partial charge in [-0.05, 0) is 146 Å². The standard InChI is InChI=1S/C74H100O6S4/c1-69(2,3)57-29-45-25-49-33-59(71(7,8)9)37-53(65(49)77)41-81-21-19-23-83-43-55-39-61(73(13,14)15)35-51(67(55)79)27-47-31-58(70(4,5)6)32-48(64(47)76)28-52-36-62(74(16,17)18)40-56(68(52)80)44-84-24-20-22-82-42-54-38-60(72(10,11)12)34-50(66(54)78)26-46(30-57)63(45)75/h29-40,75-80H,19-28,41-44H2,1-18H3. The largest absolute Gasteiger partial charge is 0.507 e. The molecule has 1 aliphatic heterocycles. The highest BCUT2D eigenvalue weighted by Crippen LogP contribution is 2.44. The number of benzene rings is 6. The van der Waals surface area contributed by atoms with Gasteiger partial charge in [0.05, 0.1) is 0 Å². The fourth-order valence-electron chi connectivity index (χ4n) is 10.8. The van der Waals surface area contributed by atoms with Crippen LogP contribution in [0.1, 0.15) is 238 Å². The smallest absolute Gasteiger partial charge is 0.123 e. The molecule has 0 aliphatic carbocycles. The Morgan fingerprint density at radius 3 is 0.500 bits per heavy atom. The number of phenolic OH excluding ortho intramolecular Hbond substituents is 6. The first-order valence-corrected chi connectivity index (χ1v) is 34.9. The lowest BCUT2D eigenvalue weighted by Crippen LogP contribution is -2.14. The molecule has 84 heavy (non-hydrogen) atoms. The van der Waals surface area contributed by atoms with Crippen molar-refractivity contribution in [3.05, 3.63) is 173 Å². The van der Waals surface area contributed by atoms with Gasteiger partial charge < -0.3 is 30.6 Å². The van der Waals surface area contributed by atoms with E-state index in [1.165, 1.54) is 0 Å². The first-order chi connectivity index (χ1) is 38.9. The number of phenols is 6. The molecule has 0 saturated heterocycles. The average Bonchev–Trinajstić information content (AvgIpc) is 2.43. The van der Waals surface area contributed by atoms with Crippen molar-refractivity contribution in [2.75, 3.05) is 23.0 Å². The van der Waals surface area contributed by atoms with E-state index in [-0.39, 0.29) is 67.0 Å². The molecule has 0 fully saturated rings. The van der Waals surface area contributed by atoms with Gasteiger partial charge in [0.25, 0.3) is 0 Å². The fraction of sp³-hybridized carbons (Fsp3) is 0.514. The molecule has 1 heterocycles. The van der Waals surface area contributed by atoms with Crippen molar-refractivity contribution < 1.29 is 30.6 Å². The summed E-state index contributed by atoms with van der Waals surface area (Å²) < 4.78 is 0. The summed E-state index contributed by atoms with van der Waals surface area (Å²) >= 11 is 7.26. The second-order valence-electron chi connectivity index (χ2n) is 30.0. The summed E-state index contributed by atoms with van der Waals surface area (Å²) in [5, 5.41) is 73.3. The summed E-state index contributed by atoms with van der Waals surface area (Å²) in [5.41, 5.74) is 15.2. The van der Waals surface area contributed by atoms with E-state index in [2.05, 4.69) is 197 Å². The number of rotatable bonds is 0. The van der Waals surface area contributed by atoms with Crippen molar-refractivity contribution >= 4 is 47.0 Å².